The molecule has 5 heteroatoms. The number of benzene rings is 1. The molecule has 124 valence electrons. The van der Waals surface area contributed by atoms with Crippen LogP contribution in [-0.4, -0.2) is 48.1 Å². The van der Waals surface area contributed by atoms with Crippen molar-refractivity contribution in [2.24, 2.45) is 0 Å². The van der Waals surface area contributed by atoms with Crippen LogP contribution < -0.4 is 17.1 Å². The fraction of sp³-hybridized carbons (Fsp3) is 0.588. The molecule has 1 unspecified atom stereocenters. The number of nitrogens with zero attached hydrogens (tertiary/aromatic N) is 1. The largest absolute Gasteiger partial charge is 1.00 e. The molecule has 0 aromatic heterocycles. The number of likely N-dealkylation sites (tertiary alicyclic amines) is 1. The molecule has 22 heavy (non-hydrogen) atoms. The van der Waals surface area contributed by atoms with Gasteiger partial charge in [-0.3, -0.25) is 4.79 Å². The molecule has 1 aliphatic rings. The standard InChI is InChI=1S/C17H25NO3.ClH/c1-2-17(20)14-6-8-16(9-7-14)21-13-15(19)12-18-10-4-3-5-11-18;/h6-9,15,19H,2-5,10-13H2,1H3;1H/p-1. The van der Waals surface area contributed by atoms with Crippen molar-refractivity contribution in [3.8, 4) is 5.75 Å². The number of rotatable bonds is 7. The second-order valence-corrected chi connectivity index (χ2v) is 5.63. The first kappa shape index (κ1) is 18.9. The van der Waals surface area contributed by atoms with Gasteiger partial charge in [0.25, 0.3) is 0 Å². The van der Waals surface area contributed by atoms with E-state index < -0.39 is 6.10 Å². The summed E-state index contributed by atoms with van der Waals surface area (Å²) in [5.41, 5.74) is 0.707. The van der Waals surface area contributed by atoms with Crippen molar-refractivity contribution in [2.75, 3.05) is 26.2 Å². The van der Waals surface area contributed by atoms with E-state index in [1.165, 1.54) is 19.3 Å². The summed E-state index contributed by atoms with van der Waals surface area (Å²) in [6, 6.07) is 7.13. The summed E-state index contributed by atoms with van der Waals surface area (Å²) in [4.78, 5) is 13.8. The fourth-order valence-electron chi connectivity index (χ4n) is 2.63. The second kappa shape index (κ2) is 9.82. The first-order chi connectivity index (χ1) is 10.2. The van der Waals surface area contributed by atoms with Crippen molar-refractivity contribution < 1.29 is 27.0 Å². The van der Waals surface area contributed by atoms with Crippen molar-refractivity contribution in [1.82, 2.24) is 4.90 Å². The number of carbonyl (C=O) groups is 1. The Labute approximate surface area is 138 Å². The minimum absolute atomic E-state index is 0. The molecule has 2 rings (SSSR count). The SMILES string of the molecule is CCC(=O)c1ccc(OCC(O)CN2CCCCC2)cc1.[Cl-]. The Balaban J connectivity index is 0.00000242. The third-order valence-corrected chi connectivity index (χ3v) is 3.86. The Kier molecular flexibility index (Phi) is 8.46. The minimum Gasteiger partial charge on any atom is -1.00 e. The van der Waals surface area contributed by atoms with Crippen LogP contribution in [-0.2, 0) is 0 Å². The maximum Gasteiger partial charge on any atom is 0.162 e. The zero-order valence-corrected chi connectivity index (χ0v) is 13.9. The van der Waals surface area contributed by atoms with Gasteiger partial charge in [-0.25, -0.2) is 0 Å². The second-order valence-electron chi connectivity index (χ2n) is 5.63. The van der Waals surface area contributed by atoms with E-state index in [0.29, 0.717) is 24.3 Å². The number of β-amino-alcohol motifs (C(OH)–C–C–N with tert-alkyl or cyclic N) is 1. The number of Topliss-reactive ketones (excluding diaryl/α,β-unsaturated/α-hetero) is 1. The lowest BCUT2D eigenvalue weighted by atomic mass is 10.1. The number of ketones is 1. The highest BCUT2D eigenvalue weighted by atomic mass is 35.5. The molecule has 1 atom stereocenters. The molecule has 0 aliphatic carbocycles. The van der Waals surface area contributed by atoms with Crippen LogP contribution in [0.4, 0.5) is 0 Å². The van der Waals surface area contributed by atoms with Gasteiger partial charge in [-0.1, -0.05) is 13.3 Å². The van der Waals surface area contributed by atoms with Crippen molar-refractivity contribution in [3.63, 3.8) is 0 Å². The van der Waals surface area contributed by atoms with Crippen LogP contribution in [0.15, 0.2) is 24.3 Å². The van der Waals surface area contributed by atoms with Gasteiger partial charge in [-0.15, -0.1) is 0 Å². The number of ether oxygens (including phenoxy) is 1. The van der Waals surface area contributed by atoms with E-state index in [1.54, 1.807) is 24.3 Å². The van der Waals surface area contributed by atoms with Gasteiger partial charge in [0.05, 0.1) is 0 Å². The van der Waals surface area contributed by atoms with Crippen molar-refractivity contribution in [1.29, 1.82) is 0 Å². The van der Waals surface area contributed by atoms with Crippen LogP contribution in [0, 0.1) is 0 Å². The fourth-order valence-corrected chi connectivity index (χ4v) is 2.63. The summed E-state index contributed by atoms with van der Waals surface area (Å²) >= 11 is 0. The van der Waals surface area contributed by atoms with Gasteiger partial charge in [0.1, 0.15) is 18.5 Å². The number of halogens is 1. The average Bonchev–Trinajstić information content (AvgIpc) is 2.53. The molecule has 1 heterocycles. The predicted octanol–water partition coefficient (Wildman–Crippen LogP) is -0.491. The molecule has 1 aromatic carbocycles. The molecule has 1 N–H and O–H groups in total. The minimum atomic E-state index is -0.472. The molecule has 4 nitrogen and oxygen atoms in total. The van der Waals surface area contributed by atoms with Gasteiger partial charge in [0.2, 0.25) is 0 Å². The summed E-state index contributed by atoms with van der Waals surface area (Å²) < 4.78 is 5.59. The third kappa shape index (κ3) is 5.95. The van der Waals surface area contributed by atoms with Gasteiger partial charge < -0.3 is 27.2 Å². The first-order valence-corrected chi connectivity index (χ1v) is 7.85. The zero-order chi connectivity index (χ0) is 15.1. The quantitative estimate of drug-likeness (QED) is 0.687. The van der Waals surface area contributed by atoms with Crippen molar-refractivity contribution in [2.45, 2.75) is 38.7 Å². The highest BCUT2D eigenvalue weighted by Gasteiger charge is 2.15. The summed E-state index contributed by atoms with van der Waals surface area (Å²) in [6.07, 6.45) is 3.78. The van der Waals surface area contributed by atoms with Crippen LogP contribution in [0.3, 0.4) is 0 Å². The number of hydrogen-bond acceptors (Lipinski definition) is 4. The van der Waals surface area contributed by atoms with Crippen LogP contribution >= 0.6 is 0 Å². The normalized spacial score (nSPS) is 16.6. The van der Waals surface area contributed by atoms with Gasteiger partial charge in [0.15, 0.2) is 5.78 Å². The lowest BCUT2D eigenvalue weighted by Gasteiger charge is -2.28. The Morgan fingerprint density at radius 3 is 2.45 bits per heavy atom. The molecule has 1 fully saturated rings. The maximum atomic E-state index is 11.5. The lowest BCUT2D eigenvalue weighted by Crippen LogP contribution is -3.00. The Morgan fingerprint density at radius 2 is 1.86 bits per heavy atom. The Hall–Kier alpha value is -1.10. The van der Waals surface area contributed by atoms with Gasteiger partial charge in [-0.2, -0.15) is 0 Å². The first-order valence-electron chi connectivity index (χ1n) is 7.85. The number of piperidine rings is 1. The average molecular weight is 327 g/mol. The van der Waals surface area contributed by atoms with Gasteiger partial charge >= 0.3 is 0 Å². The summed E-state index contributed by atoms with van der Waals surface area (Å²) in [5.74, 6) is 0.826. The number of aliphatic hydroxyl groups excluding tert-OH is 1. The van der Waals surface area contributed by atoms with Crippen molar-refractivity contribution in [3.05, 3.63) is 29.8 Å². The Bertz CT molecular complexity index is 444. The van der Waals surface area contributed by atoms with E-state index in [1.807, 2.05) is 6.92 Å². The monoisotopic (exact) mass is 326 g/mol. The van der Waals surface area contributed by atoms with Crippen LogP contribution in [0.2, 0.25) is 0 Å². The zero-order valence-electron chi connectivity index (χ0n) is 13.1. The number of carbonyl (C=O) groups excluding carboxylic acids is 1. The van der Waals surface area contributed by atoms with E-state index in [0.717, 1.165) is 13.1 Å². The highest BCUT2D eigenvalue weighted by molar-refractivity contribution is 5.95. The summed E-state index contributed by atoms with van der Waals surface area (Å²) in [5, 5.41) is 10.0. The lowest BCUT2D eigenvalue weighted by molar-refractivity contribution is -0.0000145. The molecule has 0 spiro atoms. The topological polar surface area (TPSA) is 49.8 Å². The van der Waals surface area contributed by atoms with Crippen molar-refractivity contribution >= 4 is 5.78 Å². The van der Waals surface area contributed by atoms with E-state index in [2.05, 4.69) is 4.90 Å². The molecule has 0 radical (unpaired) electrons. The van der Waals surface area contributed by atoms with E-state index in [4.69, 9.17) is 4.74 Å². The van der Waals surface area contributed by atoms with Crippen LogP contribution in [0.1, 0.15) is 43.0 Å². The van der Waals surface area contributed by atoms with E-state index in [9.17, 15) is 9.90 Å². The van der Waals surface area contributed by atoms with Crippen LogP contribution in [0.25, 0.3) is 0 Å². The molecule has 0 amide bonds. The molecule has 1 saturated heterocycles. The van der Waals surface area contributed by atoms with Gasteiger partial charge in [0, 0.05) is 18.5 Å². The summed E-state index contributed by atoms with van der Waals surface area (Å²) in [7, 11) is 0. The molecule has 0 saturated carbocycles. The molecule has 0 bridgehead atoms. The molecule has 1 aromatic rings. The number of hydrogen-bond donors (Lipinski definition) is 1. The van der Waals surface area contributed by atoms with E-state index in [-0.39, 0.29) is 24.8 Å². The van der Waals surface area contributed by atoms with Crippen LogP contribution in [0.5, 0.6) is 5.75 Å². The molecule has 1 aliphatic heterocycles. The maximum absolute atomic E-state index is 11.5. The van der Waals surface area contributed by atoms with E-state index >= 15 is 0 Å². The number of aliphatic hydroxyl groups is 1. The highest BCUT2D eigenvalue weighted by Crippen LogP contribution is 2.14. The predicted molar refractivity (Wildman–Crippen MR) is 82.9 cm³/mol. The molecular weight excluding hydrogens is 302 g/mol. The van der Waals surface area contributed by atoms with Gasteiger partial charge in [-0.05, 0) is 50.2 Å². The Morgan fingerprint density at radius 1 is 1.23 bits per heavy atom. The summed E-state index contributed by atoms with van der Waals surface area (Å²) in [6.45, 7) is 4.96. The molecular formula is C17H25ClNO3-. The third-order valence-electron chi connectivity index (χ3n) is 3.86. The smallest absolute Gasteiger partial charge is 0.162 e.